The second-order valence-electron chi connectivity index (χ2n) is 6.65. The monoisotopic (exact) mass is 352 g/mol. The molecule has 1 unspecified atom stereocenters. The first kappa shape index (κ1) is 16.9. The zero-order valence-corrected chi connectivity index (χ0v) is 15.2. The molecular formula is C19H24N6O. The summed E-state index contributed by atoms with van der Waals surface area (Å²) in [5.41, 5.74) is 2.19. The molecule has 3 aromatic rings. The summed E-state index contributed by atoms with van der Waals surface area (Å²) in [7, 11) is 1.79. The van der Waals surface area contributed by atoms with Gasteiger partial charge in [-0.2, -0.15) is 14.6 Å². The van der Waals surface area contributed by atoms with Crippen molar-refractivity contribution in [1.29, 1.82) is 0 Å². The first-order valence-corrected chi connectivity index (χ1v) is 8.97. The predicted molar refractivity (Wildman–Crippen MR) is 100 cm³/mol. The normalized spacial score (nSPS) is 16.9. The van der Waals surface area contributed by atoms with Crippen LogP contribution in [0.3, 0.4) is 0 Å². The maximum Gasteiger partial charge on any atom is 0.254 e. The summed E-state index contributed by atoms with van der Waals surface area (Å²) in [6.45, 7) is 6.78. The van der Waals surface area contributed by atoms with Crippen LogP contribution in [-0.4, -0.2) is 64.3 Å². The predicted octanol–water partition coefficient (Wildman–Crippen LogP) is 1.94. The number of benzene rings is 1. The summed E-state index contributed by atoms with van der Waals surface area (Å²) in [5, 5.41) is 4.32. The molecule has 0 spiro atoms. The van der Waals surface area contributed by atoms with Crippen LogP contribution in [-0.2, 0) is 4.74 Å². The number of aromatic nitrogens is 4. The summed E-state index contributed by atoms with van der Waals surface area (Å²) in [4.78, 5) is 13.5. The molecule has 1 saturated heterocycles. The Hall–Kier alpha value is -2.51. The number of hydrogen-bond acceptors (Lipinski definition) is 6. The number of ether oxygens (including phenoxy) is 1. The maximum atomic E-state index is 5.73. The van der Waals surface area contributed by atoms with Crippen LogP contribution in [0.15, 0.2) is 42.7 Å². The molecule has 26 heavy (non-hydrogen) atoms. The molecule has 1 aliphatic heterocycles. The smallest absolute Gasteiger partial charge is 0.254 e. The molecule has 0 saturated carbocycles. The molecule has 7 heteroatoms. The van der Waals surface area contributed by atoms with E-state index in [4.69, 9.17) is 4.74 Å². The van der Waals surface area contributed by atoms with Gasteiger partial charge in [0.1, 0.15) is 12.1 Å². The number of nitrogens with zero attached hydrogens (tertiary/aromatic N) is 6. The quantitative estimate of drug-likeness (QED) is 0.699. The van der Waals surface area contributed by atoms with Crippen LogP contribution in [0.25, 0.3) is 5.78 Å². The summed E-state index contributed by atoms with van der Waals surface area (Å²) in [5.74, 6) is 1.72. The van der Waals surface area contributed by atoms with Crippen molar-refractivity contribution < 1.29 is 4.74 Å². The van der Waals surface area contributed by atoms with Gasteiger partial charge in [-0.05, 0) is 12.5 Å². The first-order valence-electron chi connectivity index (χ1n) is 8.97. The Bertz CT molecular complexity index is 857. The number of fused-ring (bicyclic) bond motifs is 1. The van der Waals surface area contributed by atoms with Crippen molar-refractivity contribution in [2.45, 2.75) is 13.0 Å². The molecule has 3 heterocycles. The number of hydrogen-bond donors (Lipinski definition) is 0. The van der Waals surface area contributed by atoms with Crippen molar-refractivity contribution in [2.75, 3.05) is 44.7 Å². The lowest BCUT2D eigenvalue weighted by molar-refractivity contribution is 0.0615. The lowest BCUT2D eigenvalue weighted by atomic mass is 10.1. The highest BCUT2D eigenvalue weighted by atomic mass is 16.5. The van der Waals surface area contributed by atoms with Crippen molar-refractivity contribution in [3.63, 3.8) is 0 Å². The minimum absolute atomic E-state index is 0.105. The average molecular weight is 352 g/mol. The van der Waals surface area contributed by atoms with Crippen molar-refractivity contribution in [1.82, 2.24) is 24.5 Å². The highest BCUT2D eigenvalue weighted by molar-refractivity contribution is 5.47. The molecule has 1 fully saturated rings. The Morgan fingerprint density at radius 1 is 1.12 bits per heavy atom. The Balaban J connectivity index is 1.43. The minimum Gasteiger partial charge on any atom is -0.375 e. The third kappa shape index (κ3) is 3.40. The number of methoxy groups -OCH3 is 1. The minimum atomic E-state index is 0.105. The van der Waals surface area contributed by atoms with Gasteiger partial charge in [0, 0.05) is 51.6 Å². The topological polar surface area (TPSA) is 58.8 Å². The van der Waals surface area contributed by atoms with Crippen LogP contribution >= 0.6 is 0 Å². The van der Waals surface area contributed by atoms with Crippen LogP contribution in [0, 0.1) is 6.92 Å². The van der Waals surface area contributed by atoms with E-state index in [0.717, 1.165) is 44.2 Å². The Morgan fingerprint density at radius 2 is 1.88 bits per heavy atom. The molecule has 1 atom stereocenters. The van der Waals surface area contributed by atoms with E-state index in [1.807, 2.05) is 17.5 Å². The summed E-state index contributed by atoms with van der Waals surface area (Å²) < 4.78 is 7.55. The second kappa shape index (κ2) is 7.39. The average Bonchev–Trinajstić information content (AvgIpc) is 3.15. The standard InChI is InChI=1S/C19H24N6O/c1-15-12-18(25-19(22-15)20-14-21-25)24-10-8-23(9-11-24)13-17(26-2)16-6-4-3-5-7-16/h3-7,12,14,17H,8-11,13H2,1-2H3. The van der Waals surface area contributed by atoms with E-state index >= 15 is 0 Å². The zero-order chi connectivity index (χ0) is 17.9. The molecule has 1 aromatic carbocycles. The Kier molecular flexibility index (Phi) is 4.81. The number of rotatable bonds is 5. The SMILES string of the molecule is COC(CN1CCN(c2cc(C)nc3ncnn23)CC1)c1ccccc1. The fourth-order valence-electron chi connectivity index (χ4n) is 3.51. The van der Waals surface area contributed by atoms with Crippen LogP contribution in [0.1, 0.15) is 17.4 Å². The van der Waals surface area contributed by atoms with Gasteiger partial charge in [0.25, 0.3) is 5.78 Å². The fourth-order valence-corrected chi connectivity index (χ4v) is 3.51. The Labute approximate surface area is 153 Å². The molecule has 0 bridgehead atoms. The molecule has 0 aliphatic carbocycles. The highest BCUT2D eigenvalue weighted by Gasteiger charge is 2.23. The van der Waals surface area contributed by atoms with Gasteiger partial charge in [-0.25, -0.2) is 4.98 Å². The van der Waals surface area contributed by atoms with Gasteiger partial charge in [0.15, 0.2) is 0 Å². The third-order valence-corrected chi connectivity index (χ3v) is 4.94. The molecule has 7 nitrogen and oxygen atoms in total. The third-order valence-electron chi connectivity index (χ3n) is 4.94. The molecule has 0 radical (unpaired) electrons. The molecule has 0 amide bonds. The highest BCUT2D eigenvalue weighted by Crippen LogP contribution is 2.21. The van der Waals surface area contributed by atoms with Gasteiger partial charge in [0.2, 0.25) is 0 Å². The van der Waals surface area contributed by atoms with E-state index in [1.165, 1.54) is 5.56 Å². The number of anilines is 1. The van der Waals surface area contributed by atoms with Gasteiger partial charge in [-0.1, -0.05) is 30.3 Å². The van der Waals surface area contributed by atoms with Crippen molar-refractivity contribution in [3.05, 3.63) is 54.0 Å². The van der Waals surface area contributed by atoms with E-state index < -0.39 is 0 Å². The van der Waals surface area contributed by atoms with Gasteiger partial charge >= 0.3 is 0 Å². The molecule has 136 valence electrons. The molecule has 0 N–H and O–H groups in total. The van der Waals surface area contributed by atoms with E-state index in [-0.39, 0.29) is 6.10 Å². The van der Waals surface area contributed by atoms with Crippen LogP contribution in [0.2, 0.25) is 0 Å². The van der Waals surface area contributed by atoms with Crippen LogP contribution in [0.5, 0.6) is 0 Å². The van der Waals surface area contributed by atoms with Crippen molar-refractivity contribution in [3.8, 4) is 0 Å². The van der Waals surface area contributed by atoms with Crippen molar-refractivity contribution >= 4 is 11.6 Å². The van der Waals surface area contributed by atoms with E-state index in [9.17, 15) is 0 Å². The van der Waals surface area contributed by atoms with E-state index in [0.29, 0.717) is 5.78 Å². The Morgan fingerprint density at radius 3 is 2.62 bits per heavy atom. The van der Waals surface area contributed by atoms with E-state index in [2.05, 4.69) is 55.2 Å². The molecule has 4 rings (SSSR count). The summed E-state index contributed by atoms with van der Waals surface area (Å²) in [6, 6.07) is 12.5. The lowest BCUT2D eigenvalue weighted by Gasteiger charge is -2.37. The van der Waals surface area contributed by atoms with Gasteiger partial charge in [-0.3, -0.25) is 4.90 Å². The number of aryl methyl sites for hydroxylation is 1. The molecule has 1 aliphatic rings. The second-order valence-corrected chi connectivity index (χ2v) is 6.65. The summed E-state index contributed by atoms with van der Waals surface area (Å²) in [6.07, 6.45) is 1.66. The molecular weight excluding hydrogens is 328 g/mol. The fraction of sp³-hybridized carbons (Fsp3) is 0.421. The van der Waals surface area contributed by atoms with Crippen LogP contribution in [0.4, 0.5) is 5.82 Å². The first-order chi connectivity index (χ1) is 12.7. The number of piperazine rings is 1. The van der Waals surface area contributed by atoms with Crippen LogP contribution < -0.4 is 4.90 Å². The lowest BCUT2D eigenvalue weighted by Crippen LogP contribution is -2.48. The largest absolute Gasteiger partial charge is 0.375 e. The van der Waals surface area contributed by atoms with Gasteiger partial charge in [-0.15, -0.1) is 0 Å². The molecule has 2 aromatic heterocycles. The zero-order valence-electron chi connectivity index (χ0n) is 15.2. The van der Waals surface area contributed by atoms with Crippen molar-refractivity contribution in [2.24, 2.45) is 0 Å². The van der Waals surface area contributed by atoms with Gasteiger partial charge in [0.05, 0.1) is 6.10 Å². The maximum absolute atomic E-state index is 5.73. The van der Waals surface area contributed by atoms with Gasteiger partial charge < -0.3 is 9.64 Å². The van der Waals surface area contributed by atoms with E-state index in [1.54, 1.807) is 13.4 Å². The summed E-state index contributed by atoms with van der Waals surface area (Å²) >= 11 is 0.